The van der Waals surface area contributed by atoms with Crippen molar-refractivity contribution in [3.63, 3.8) is 0 Å². The van der Waals surface area contributed by atoms with E-state index in [0.717, 1.165) is 28.1 Å². The van der Waals surface area contributed by atoms with Crippen LogP contribution in [0.25, 0.3) is 61.5 Å². The van der Waals surface area contributed by atoms with Crippen molar-refractivity contribution in [2.24, 2.45) is 0 Å². The molecule has 0 bridgehead atoms. The highest BCUT2D eigenvalue weighted by atomic mass is 32.2. The van der Waals surface area contributed by atoms with Gasteiger partial charge in [0.25, 0.3) is 0 Å². The second kappa shape index (κ2) is 12.9. The number of hydrogen-bond donors (Lipinski definition) is 0. The van der Waals surface area contributed by atoms with Gasteiger partial charge >= 0.3 is 0 Å². The summed E-state index contributed by atoms with van der Waals surface area (Å²) in [7, 11) is 0. The fourth-order valence-electron chi connectivity index (χ4n) is 7.90. The normalized spacial score (nSPS) is 16.2. The molecule has 2 atom stereocenters. The number of benzene rings is 7. The molecule has 2 heterocycles. The molecule has 0 saturated carbocycles. The highest BCUT2D eigenvalue weighted by Crippen LogP contribution is 2.58. The average molecular weight is 683 g/mol. The summed E-state index contributed by atoms with van der Waals surface area (Å²) in [5.41, 5.74) is 15.8. The molecule has 0 saturated heterocycles. The molecule has 0 amide bonds. The van der Waals surface area contributed by atoms with Crippen molar-refractivity contribution in [1.29, 1.82) is 0 Å². The van der Waals surface area contributed by atoms with Crippen LogP contribution in [0.2, 0.25) is 0 Å². The lowest BCUT2D eigenvalue weighted by atomic mass is 9.80. The summed E-state index contributed by atoms with van der Waals surface area (Å²) in [5, 5.41) is 0.264. The van der Waals surface area contributed by atoms with Crippen LogP contribution in [0.1, 0.15) is 22.6 Å². The monoisotopic (exact) mass is 682 g/mol. The number of allylic oxidation sites excluding steroid dienone is 3. The van der Waals surface area contributed by atoms with Crippen LogP contribution in [-0.4, -0.2) is 14.8 Å². The van der Waals surface area contributed by atoms with E-state index in [0.29, 0.717) is 0 Å². The van der Waals surface area contributed by atoms with Gasteiger partial charge in [-0.05, 0) is 98.6 Å². The van der Waals surface area contributed by atoms with E-state index in [4.69, 9.17) is 4.98 Å². The zero-order valence-corrected chi connectivity index (χ0v) is 29.2. The van der Waals surface area contributed by atoms with Crippen LogP contribution >= 0.6 is 11.8 Å². The Balaban J connectivity index is 1.17. The van der Waals surface area contributed by atoms with E-state index < -0.39 is 0 Å². The molecular formula is C49H34N2S. The van der Waals surface area contributed by atoms with Gasteiger partial charge in [-0.15, -0.1) is 11.8 Å². The molecule has 1 aliphatic carbocycles. The maximum atomic E-state index is 5.21. The van der Waals surface area contributed by atoms with E-state index >= 15 is 0 Å². The third-order valence-electron chi connectivity index (χ3n) is 10.4. The molecule has 0 N–H and O–H groups in total. The zero-order valence-electron chi connectivity index (χ0n) is 28.4. The van der Waals surface area contributed by atoms with Crippen LogP contribution in [0.5, 0.6) is 0 Å². The van der Waals surface area contributed by atoms with Crippen molar-refractivity contribution in [3.05, 3.63) is 211 Å². The van der Waals surface area contributed by atoms with E-state index in [9.17, 15) is 0 Å². The summed E-state index contributed by atoms with van der Waals surface area (Å²) in [6.07, 6.45) is 4.94. The van der Waals surface area contributed by atoms with Gasteiger partial charge < -0.3 is 0 Å². The Hall–Kier alpha value is -6.16. The Kier molecular flexibility index (Phi) is 7.58. The highest BCUT2D eigenvalue weighted by Gasteiger charge is 2.39. The fourth-order valence-corrected chi connectivity index (χ4v) is 9.49. The molecule has 2 nitrogen and oxygen atoms in total. The van der Waals surface area contributed by atoms with Gasteiger partial charge in [-0.3, -0.25) is 4.57 Å². The number of nitrogens with zero attached hydrogens (tertiary/aromatic N) is 2. The van der Waals surface area contributed by atoms with E-state index in [1.54, 1.807) is 0 Å². The van der Waals surface area contributed by atoms with Crippen LogP contribution in [0.3, 0.4) is 0 Å². The molecule has 1 aliphatic heterocycles. The second-order valence-electron chi connectivity index (χ2n) is 13.5. The lowest BCUT2D eigenvalue weighted by molar-refractivity contribution is 0.897. The Morgan fingerprint density at radius 2 is 1.12 bits per heavy atom. The topological polar surface area (TPSA) is 17.8 Å². The van der Waals surface area contributed by atoms with Crippen molar-refractivity contribution in [2.75, 3.05) is 0 Å². The minimum absolute atomic E-state index is 0.225. The molecule has 8 aromatic rings. The predicted octanol–water partition coefficient (Wildman–Crippen LogP) is 12.8. The van der Waals surface area contributed by atoms with Gasteiger partial charge in [-0.1, -0.05) is 146 Å². The van der Waals surface area contributed by atoms with Gasteiger partial charge in [0.05, 0.1) is 11.0 Å². The third kappa shape index (κ3) is 5.33. The van der Waals surface area contributed by atoms with Crippen molar-refractivity contribution in [3.8, 4) is 39.3 Å². The first kappa shape index (κ1) is 30.6. The molecule has 0 spiro atoms. The van der Waals surface area contributed by atoms with Gasteiger partial charge in [0.1, 0.15) is 5.82 Å². The Morgan fingerprint density at radius 3 is 1.87 bits per heavy atom. The smallest absolute Gasteiger partial charge is 0.145 e. The van der Waals surface area contributed by atoms with Gasteiger partial charge in [0, 0.05) is 27.3 Å². The molecule has 52 heavy (non-hydrogen) atoms. The molecule has 2 aliphatic rings. The van der Waals surface area contributed by atoms with Crippen LogP contribution in [0.4, 0.5) is 0 Å². The Labute approximate surface area is 308 Å². The van der Waals surface area contributed by atoms with Gasteiger partial charge in [0.2, 0.25) is 0 Å². The van der Waals surface area contributed by atoms with E-state index in [1.807, 2.05) is 11.8 Å². The molecule has 246 valence electrons. The molecule has 0 radical (unpaired) electrons. The van der Waals surface area contributed by atoms with Crippen LogP contribution in [0, 0.1) is 0 Å². The first-order valence-corrected chi connectivity index (χ1v) is 18.7. The highest BCUT2D eigenvalue weighted by molar-refractivity contribution is 8.01. The van der Waals surface area contributed by atoms with Gasteiger partial charge in [-0.25, -0.2) is 4.98 Å². The first-order valence-electron chi connectivity index (χ1n) is 17.9. The maximum Gasteiger partial charge on any atom is 0.145 e. The number of para-hydroxylation sites is 3. The summed E-state index contributed by atoms with van der Waals surface area (Å²) in [6, 6.07) is 65.5. The Morgan fingerprint density at radius 1 is 0.500 bits per heavy atom. The number of aromatic nitrogens is 2. The number of imidazole rings is 1. The number of hydrogen-bond acceptors (Lipinski definition) is 2. The van der Waals surface area contributed by atoms with Crippen molar-refractivity contribution in [1.82, 2.24) is 9.55 Å². The summed E-state index contributed by atoms with van der Waals surface area (Å²) in [5.74, 6) is 1.17. The Bertz CT molecular complexity index is 2640. The second-order valence-corrected chi connectivity index (χ2v) is 14.7. The molecule has 0 fully saturated rings. The van der Waals surface area contributed by atoms with E-state index in [2.05, 4.69) is 199 Å². The molecule has 10 rings (SSSR count). The minimum atomic E-state index is 0.225. The number of fused-ring (bicyclic) bond motifs is 4. The van der Waals surface area contributed by atoms with Crippen molar-refractivity contribution in [2.45, 2.75) is 16.1 Å². The predicted molar refractivity (Wildman–Crippen MR) is 219 cm³/mol. The van der Waals surface area contributed by atoms with Crippen molar-refractivity contribution >= 4 is 33.9 Å². The van der Waals surface area contributed by atoms with E-state index in [-0.39, 0.29) is 11.2 Å². The summed E-state index contributed by atoms with van der Waals surface area (Å²) < 4.78 is 2.29. The van der Waals surface area contributed by atoms with Crippen LogP contribution < -0.4 is 0 Å². The average Bonchev–Trinajstić information content (AvgIpc) is 3.81. The summed E-state index contributed by atoms with van der Waals surface area (Å²) in [4.78, 5) is 6.57. The number of thioether (sulfide) groups is 1. The quantitative estimate of drug-likeness (QED) is 0.174. The molecule has 1 aromatic heterocycles. The lowest BCUT2D eigenvalue weighted by Gasteiger charge is -2.26. The molecule has 3 heteroatoms. The molecule has 2 unspecified atom stereocenters. The van der Waals surface area contributed by atoms with Crippen molar-refractivity contribution < 1.29 is 0 Å². The van der Waals surface area contributed by atoms with Gasteiger partial charge in [-0.2, -0.15) is 0 Å². The fraction of sp³-hybridized carbons (Fsp3) is 0.0408. The minimum Gasteiger partial charge on any atom is -0.292 e. The van der Waals surface area contributed by atoms with Crippen LogP contribution in [0.15, 0.2) is 199 Å². The summed E-state index contributed by atoms with van der Waals surface area (Å²) in [6.45, 7) is 0. The third-order valence-corrected chi connectivity index (χ3v) is 11.8. The molecule has 7 aromatic carbocycles. The largest absolute Gasteiger partial charge is 0.292 e. The SMILES string of the molecule is C1=C(c2ccccc2)C=C(c2ccccc2)C2Sc3c(-c4cccc(-c5nc6ccccc6n5-c5ccccc5)c4)cc(-c4ccccc4)cc3C12. The lowest BCUT2D eigenvalue weighted by Crippen LogP contribution is -2.15. The molecular weight excluding hydrogens is 649 g/mol. The maximum absolute atomic E-state index is 5.21. The zero-order chi connectivity index (χ0) is 34.4. The van der Waals surface area contributed by atoms with Gasteiger partial charge in [0.15, 0.2) is 0 Å². The summed E-state index contributed by atoms with van der Waals surface area (Å²) >= 11 is 2.02. The van der Waals surface area contributed by atoms with Crippen LogP contribution in [-0.2, 0) is 0 Å². The first-order chi connectivity index (χ1) is 25.8. The van der Waals surface area contributed by atoms with E-state index in [1.165, 1.54) is 55.0 Å². The number of rotatable bonds is 6. The standard InChI is InChI=1S/C49H34N2S/c1-5-16-33(17-6-1)38-29-41(35-20-9-3-10-21-35)47-43(31-38)44-32-39(34-18-7-2-8-19-34)30-42(48(44)52-47)36-22-15-23-37(28-36)49-50-45-26-13-14-27-46(45)51(49)40-24-11-4-12-25-40/h1-32,43,47H.